The molecule has 0 saturated heterocycles. The quantitative estimate of drug-likeness (QED) is 0.300. The Bertz CT molecular complexity index is 1500. The highest BCUT2D eigenvalue weighted by atomic mass is 19.1. The Hall–Kier alpha value is -4.67. The van der Waals surface area contributed by atoms with E-state index in [1.807, 2.05) is 43.3 Å². The van der Waals surface area contributed by atoms with Gasteiger partial charge in [-0.15, -0.1) is 10.2 Å². The summed E-state index contributed by atoms with van der Waals surface area (Å²) >= 11 is 0. The summed E-state index contributed by atoms with van der Waals surface area (Å²) in [5.74, 6) is -1.26. The Morgan fingerprint density at radius 2 is 1.55 bits per heavy atom. The summed E-state index contributed by atoms with van der Waals surface area (Å²) in [5, 5.41) is 15.5. The monoisotopic (exact) mass is 573 g/mol. The SMILES string of the molecule is CN(C)c1ccc(C(C(=O)NC2CCCC2)N(Cc2ccc(F)cc2)C(=O)Cn2nnc(-c3ccc(F)cc3)n2)cc1. The lowest BCUT2D eigenvalue weighted by atomic mass is 10.0. The van der Waals surface area contributed by atoms with E-state index >= 15 is 0 Å². The number of hydrogen-bond acceptors (Lipinski definition) is 6. The molecule has 218 valence electrons. The molecule has 9 nitrogen and oxygen atoms in total. The van der Waals surface area contributed by atoms with Crippen molar-refractivity contribution in [2.45, 2.75) is 50.9 Å². The number of tetrazole rings is 1. The van der Waals surface area contributed by atoms with Gasteiger partial charge in [0.2, 0.25) is 17.6 Å². The fourth-order valence-corrected chi connectivity index (χ4v) is 5.12. The number of nitrogens with one attached hydrogen (secondary N) is 1. The number of hydrogen-bond donors (Lipinski definition) is 1. The largest absolute Gasteiger partial charge is 0.378 e. The molecule has 11 heteroatoms. The van der Waals surface area contributed by atoms with Crippen LogP contribution in [0.5, 0.6) is 0 Å². The standard InChI is InChI=1S/C31H33F2N7O2/c1-38(2)27-17-11-22(12-18-27)29(31(42)34-26-5-3-4-6-26)39(19-21-7-13-24(32)14-8-21)28(41)20-40-36-30(35-37-40)23-9-15-25(33)16-10-23/h7-18,26,29H,3-6,19-20H2,1-2H3,(H,34,42). The molecule has 5 rings (SSSR count). The van der Waals surface area contributed by atoms with Crippen LogP contribution in [0.3, 0.4) is 0 Å². The van der Waals surface area contributed by atoms with E-state index in [1.54, 1.807) is 12.1 Å². The molecule has 1 unspecified atom stereocenters. The zero-order chi connectivity index (χ0) is 29.6. The average Bonchev–Trinajstić information content (AvgIpc) is 3.67. The van der Waals surface area contributed by atoms with Crippen LogP contribution >= 0.6 is 0 Å². The summed E-state index contributed by atoms with van der Waals surface area (Å²) in [7, 11) is 3.85. The molecular formula is C31H33F2N7O2. The van der Waals surface area contributed by atoms with Crippen molar-refractivity contribution in [2.24, 2.45) is 0 Å². The van der Waals surface area contributed by atoms with Gasteiger partial charge in [-0.05, 0) is 77.7 Å². The number of anilines is 1. The zero-order valence-electron chi connectivity index (χ0n) is 23.6. The van der Waals surface area contributed by atoms with Crippen LogP contribution in [0.2, 0.25) is 0 Å². The lowest BCUT2D eigenvalue weighted by Gasteiger charge is -2.32. The molecule has 0 aliphatic heterocycles. The lowest BCUT2D eigenvalue weighted by Crippen LogP contribution is -2.46. The van der Waals surface area contributed by atoms with Crippen LogP contribution in [0.1, 0.15) is 42.9 Å². The molecule has 1 aromatic heterocycles. The van der Waals surface area contributed by atoms with Gasteiger partial charge in [-0.25, -0.2) is 8.78 Å². The van der Waals surface area contributed by atoms with Crippen LogP contribution in [0.25, 0.3) is 11.4 Å². The number of nitrogens with zero attached hydrogens (tertiary/aromatic N) is 6. The first-order valence-electron chi connectivity index (χ1n) is 13.9. The minimum atomic E-state index is -0.959. The minimum Gasteiger partial charge on any atom is -0.378 e. The van der Waals surface area contributed by atoms with Crippen LogP contribution in [-0.2, 0) is 22.7 Å². The topological polar surface area (TPSA) is 96.2 Å². The summed E-state index contributed by atoms with van der Waals surface area (Å²) < 4.78 is 27.1. The Labute approximate surface area is 243 Å². The predicted octanol–water partition coefficient (Wildman–Crippen LogP) is 4.51. The second-order valence-corrected chi connectivity index (χ2v) is 10.7. The maximum Gasteiger partial charge on any atom is 0.247 e. The molecule has 4 aromatic rings. The van der Waals surface area contributed by atoms with E-state index in [-0.39, 0.29) is 30.9 Å². The second kappa shape index (κ2) is 12.9. The van der Waals surface area contributed by atoms with Crippen molar-refractivity contribution in [2.75, 3.05) is 19.0 Å². The summed E-state index contributed by atoms with van der Waals surface area (Å²) in [5.41, 5.74) is 2.80. The smallest absolute Gasteiger partial charge is 0.247 e. The molecule has 1 aliphatic carbocycles. The third kappa shape index (κ3) is 6.96. The molecule has 1 atom stereocenters. The number of aromatic nitrogens is 4. The number of amides is 2. The zero-order valence-corrected chi connectivity index (χ0v) is 23.6. The first-order chi connectivity index (χ1) is 20.3. The minimum absolute atomic E-state index is 0.0408. The van der Waals surface area contributed by atoms with Gasteiger partial charge in [0.05, 0.1) is 0 Å². The summed E-state index contributed by atoms with van der Waals surface area (Å²) in [6.07, 6.45) is 3.86. The molecular weight excluding hydrogens is 540 g/mol. The van der Waals surface area contributed by atoms with E-state index in [4.69, 9.17) is 0 Å². The highest BCUT2D eigenvalue weighted by molar-refractivity contribution is 5.89. The van der Waals surface area contributed by atoms with Crippen molar-refractivity contribution in [3.8, 4) is 11.4 Å². The maximum atomic E-state index is 14.0. The number of halogens is 2. The Kier molecular flexibility index (Phi) is 8.85. The van der Waals surface area contributed by atoms with Gasteiger partial charge in [-0.1, -0.05) is 37.1 Å². The first kappa shape index (κ1) is 28.8. The molecule has 1 N–H and O–H groups in total. The van der Waals surface area contributed by atoms with Crippen molar-refractivity contribution in [1.29, 1.82) is 0 Å². The van der Waals surface area contributed by atoms with E-state index in [9.17, 15) is 18.4 Å². The molecule has 1 saturated carbocycles. The van der Waals surface area contributed by atoms with E-state index in [2.05, 4.69) is 20.7 Å². The van der Waals surface area contributed by atoms with E-state index in [0.29, 0.717) is 16.7 Å². The fraction of sp³-hybridized carbons (Fsp3) is 0.323. The molecule has 0 spiro atoms. The Balaban J connectivity index is 1.48. The van der Waals surface area contributed by atoms with Crippen molar-refractivity contribution in [3.05, 3.63) is 95.6 Å². The van der Waals surface area contributed by atoms with Crippen LogP contribution in [0, 0.1) is 11.6 Å². The maximum absolute atomic E-state index is 14.0. The number of carbonyl (C=O) groups excluding carboxylic acids is 2. The van der Waals surface area contributed by atoms with Crippen LogP contribution in [0.15, 0.2) is 72.8 Å². The fourth-order valence-electron chi connectivity index (χ4n) is 5.12. The van der Waals surface area contributed by atoms with Crippen LogP contribution < -0.4 is 10.2 Å². The van der Waals surface area contributed by atoms with Gasteiger partial charge in [-0.3, -0.25) is 9.59 Å². The highest BCUT2D eigenvalue weighted by Gasteiger charge is 2.34. The predicted molar refractivity (Wildman–Crippen MR) is 154 cm³/mol. The van der Waals surface area contributed by atoms with Gasteiger partial charge in [-0.2, -0.15) is 4.80 Å². The van der Waals surface area contributed by atoms with Gasteiger partial charge in [0, 0.05) is 37.9 Å². The third-order valence-corrected chi connectivity index (χ3v) is 7.41. The van der Waals surface area contributed by atoms with Gasteiger partial charge >= 0.3 is 0 Å². The second-order valence-electron chi connectivity index (χ2n) is 10.7. The van der Waals surface area contributed by atoms with Gasteiger partial charge in [0.15, 0.2) is 0 Å². The molecule has 1 fully saturated rings. The molecule has 0 bridgehead atoms. The number of carbonyl (C=O) groups is 2. The molecule has 0 radical (unpaired) electrons. The van der Waals surface area contributed by atoms with E-state index in [0.717, 1.165) is 36.2 Å². The van der Waals surface area contributed by atoms with Crippen molar-refractivity contribution >= 4 is 17.5 Å². The summed E-state index contributed by atoms with van der Waals surface area (Å²) in [6, 6.07) is 18.1. The van der Waals surface area contributed by atoms with Gasteiger partial charge in [0.1, 0.15) is 24.2 Å². The average molecular weight is 574 g/mol. The van der Waals surface area contributed by atoms with Crippen molar-refractivity contribution in [3.63, 3.8) is 0 Å². The summed E-state index contributed by atoms with van der Waals surface area (Å²) in [6.45, 7) is -0.241. The highest BCUT2D eigenvalue weighted by Crippen LogP contribution is 2.28. The van der Waals surface area contributed by atoms with Gasteiger partial charge in [0.25, 0.3) is 0 Å². The molecule has 42 heavy (non-hydrogen) atoms. The lowest BCUT2D eigenvalue weighted by molar-refractivity contribution is -0.142. The Morgan fingerprint density at radius 3 is 2.17 bits per heavy atom. The molecule has 2 amide bonds. The number of rotatable bonds is 10. The Morgan fingerprint density at radius 1 is 0.929 bits per heavy atom. The molecule has 3 aromatic carbocycles. The van der Waals surface area contributed by atoms with Crippen LogP contribution in [-0.4, -0.2) is 57.1 Å². The van der Waals surface area contributed by atoms with Crippen molar-refractivity contribution in [1.82, 2.24) is 30.4 Å². The molecule has 1 aliphatic rings. The normalized spacial score (nSPS) is 14.0. The van der Waals surface area contributed by atoms with Crippen LogP contribution in [0.4, 0.5) is 14.5 Å². The number of benzene rings is 3. The van der Waals surface area contributed by atoms with Crippen molar-refractivity contribution < 1.29 is 18.4 Å². The summed E-state index contributed by atoms with van der Waals surface area (Å²) in [4.78, 5) is 32.5. The molecule has 1 heterocycles. The third-order valence-electron chi connectivity index (χ3n) is 7.41. The van der Waals surface area contributed by atoms with Gasteiger partial charge < -0.3 is 15.1 Å². The van der Waals surface area contributed by atoms with E-state index in [1.165, 1.54) is 41.3 Å². The first-order valence-corrected chi connectivity index (χ1v) is 13.9. The van der Waals surface area contributed by atoms with E-state index < -0.39 is 23.6 Å².